The lowest BCUT2D eigenvalue weighted by Crippen LogP contribution is -2.47. The average molecular weight is 252 g/mol. The molecule has 0 bridgehead atoms. The minimum Gasteiger partial charge on any atom is -0.395 e. The molecule has 0 aliphatic carbocycles. The van der Waals surface area contributed by atoms with Gasteiger partial charge in [-0.1, -0.05) is 0 Å². The molecule has 1 fully saturated rings. The van der Waals surface area contributed by atoms with Crippen molar-refractivity contribution in [3.8, 4) is 0 Å². The van der Waals surface area contributed by atoms with Gasteiger partial charge in [0.05, 0.1) is 6.61 Å². The van der Waals surface area contributed by atoms with Gasteiger partial charge in [-0.15, -0.1) is 0 Å². The minimum absolute atomic E-state index is 0.133. The second-order valence-corrected chi connectivity index (χ2v) is 4.95. The van der Waals surface area contributed by atoms with E-state index in [4.69, 9.17) is 9.84 Å². The molecule has 0 saturated carbocycles. The molecule has 0 spiro atoms. The monoisotopic (exact) mass is 252 g/mol. The molecule has 2 atom stereocenters. The van der Waals surface area contributed by atoms with Crippen LogP contribution in [0.4, 0.5) is 0 Å². The maximum absolute atomic E-state index is 11.9. The van der Waals surface area contributed by atoms with E-state index in [-0.39, 0.29) is 19.2 Å². The van der Waals surface area contributed by atoms with Crippen molar-refractivity contribution in [2.75, 3.05) is 26.4 Å². The zero-order valence-electron chi connectivity index (χ0n) is 9.46. The number of nitrogens with one attached hydrogen (secondary N) is 1. The van der Waals surface area contributed by atoms with Crippen LogP contribution in [0, 0.1) is 0 Å². The Labute approximate surface area is 98.3 Å². The fraction of sp³-hybridized carbons (Fsp3) is 1.00. The summed E-state index contributed by atoms with van der Waals surface area (Å²) < 4.78 is 21.3. The molecule has 6 nitrogen and oxygen atoms in total. The minimum atomic E-state index is -1.47. The first kappa shape index (κ1) is 14.0. The van der Waals surface area contributed by atoms with Crippen molar-refractivity contribution in [1.82, 2.24) is 9.03 Å². The molecule has 1 heterocycles. The Morgan fingerprint density at radius 1 is 1.56 bits per heavy atom. The van der Waals surface area contributed by atoms with Crippen LogP contribution in [0.5, 0.6) is 0 Å². The van der Waals surface area contributed by atoms with Crippen LogP contribution < -0.4 is 4.72 Å². The average Bonchev–Trinajstić information content (AvgIpc) is 2.26. The molecular weight excluding hydrogens is 232 g/mol. The lowest BCUT2D eigenvalue weighted by Gasteiger charge is -2.28. The van der Waals surface area contributed by atoms with Gasteiger partial charge in [0.15, 0.2) is 11.2 Å². The van der Waals surface area contributed by atoms with Crippen LogP contribution in [-0.2, 0) is 15.9 Å². The first-order valence-electron chi connectivity index (χ1n) is 5.46. The van der Waals surface area contributed by atoms with E-state index < -0.39 is 17.4 Å². The van der Waals surface area contributed by atoms with Crippen molar-refractivity contribution >= 4 is 11.2 Å². The van der Waals surface area contributed by atoms with Gasteiger partial charge in [0.2, 0.25) is 0 Å². The summed E-state index contributed by atoms with van der Waals surface area (Å²) in [7, 11) is 0. The zero-order valence-corrected chi connectivity index (χ0v) is 10.3. The van der Waals surface area contributed by atoms with Crippen molar-refractivity contribution in [1.29, 1.82) is 0 Å². The Hall–Kier alpha value is -0.0500. The summed E-state index contributed by atoms with van der Waals surface area (Å²) >= 11 is -1.47. The molecule has 16 heavy (non-hydrogen) atoms. The Kier molecular flexibility index (Phi) is 6.40. The largest absolute Gasteiger partial charge is 0.395 e. The fourth-order valence-corrected chi connectivity index (χ4v) is 2.71. The third kappa shape index (κ3) is 4.44. The standard InChI is InChI=1S/C9H20N2O4S/c1-8(13)11(4-5-12)16(14)10-9-2-6-15-7-3-9/h8-10,12-13H,2-7H2,1H3. The highest BCUT2D eigenvalue weighted by Crippen LogP contribution is 2.08. The second-order valence-electron chi connectivity index (χ2n) is 3.75. The predicted molar refractivity (Wildman–Crippen MR) is 60.6 cm³/mol. The number of nitrogens with zero attached hydrogens (tertiary/aromatic N) is 1. The quantitative estimate of drug-likeness (QED) is 0.528. The van der Waals surface area contributed by atoms with E-state index in [9.17, 15) is 9.32 Å². The van der Waals surface area contributed by atoms with Crippen molar-refractivity contribution in [3.63, 3.8) is 0 Å². The van der Waals surface area contributed by atoms with Gasteiger partial charge in [-0.2, -0.15) is 4.31 Å². The van der Waals surface area contributed by atoms with Gasteiger partial charge >= 0.3 is 0 Å². The first-order chi connectivity index (χ1) is 7.65. The maximum Gasteiger partial charge on any atom is 0.172 e. The van der Waals surface area contributed by atoms with Gasteiger partial charge < -0.3 is 14.9 Å². The molecule has 7 heteroatoms. The summed E-state index contributed by atoms with van der Waals surface area (Å²) in [6.07, 6.45) is 0.789. The van der Waals surface area contributed by atoms with E-state index >= 15 is 0 Å². The smallest absolute Gasteiger partial charge is 0.172 e. The van der Waals surface area contributed by atoms with Crippen LogP contribution in [-0.4, -0.2) is 57.4 Å². The lowest BCUT2D eigenvalue weighted by molar-refractivity contribution is 0.0680. The molecule has 1 aliphatic heterocycles. The van der Waals surface area contributed by atoms with Gasteiger partial charge in [0.25, 0.3) is 0 Å². The maximum atomic E-state index is 11.9. The van der Waals surface area contributed by atoms with Gasteiger partial charge in [-0.25, -0.2) is 8.93 Å². The fourth-order valence-electron chi connectivity index (χ4n) is 1.53. The second kappa shape index (κ2) is 7.31. The van der Waals surface area contributed by atoms with Crippen molar-refractivity contribution in [3.05, 3.63) is 0 Å². The predicted octanol–water partition coefficient (Wildman–Crippen LogP) is -1.03. The van der Waals surface area contributed by atoms with E-state index in [0.29, 0.717) is 13.2 Å². The van der Waals surface area contributed by atoms with E-state index in [0.717, 1.165) is 12.8 Å². The normalized spacial score (nSPS) is 22.2. The summed E-state index contributed by atoms with van der Waals surface area (Å²) in [5.74, 6) is 0. The van der Waals surface area contributed by atoms with Crippen LogP contribution in [0.2, 0.25) is 0 Å². The topological polar surface area (TPSA) is 82.0 Å². The van der Waals surface area contributed by atoms with Gasteiger partial charge in [0.1, 0.15) is 6.23 Å². The SMILES string of the molecule is CC(O)N(CCO)S(=O)NC1CCOCC1. The number of hydrogen-bond donors (Lipinski definition) is 3. The number of aliphatic hydroxyl groups is 2. The summed E-state index contributed by atoms with van der Waals surface area (Å²) in [4.78, 5) is 0. The molecule has 0 aromatic carbocycles. The van der Waals surface area contributed by atoms with E-state index in [1.54, 1.807) is 0 Å². The Morgan fingerprint density at radius 3 is 2.69 bits per heavy atom. The van der Waals surface area contributed by atoms with Crippen molar-refractivity contribution in [2.45, 2.75) is 32.0 Å². The van der Waals surface area contributed by atoms with Crippen LogP contribution >= 0.6 is 0 Å². The highest BCUT2D eigenvalue weighted by atomic mass is 32.2. The molecule has 96 valence electrons. The summed E-state index contributed by atoms with van der Waals surface area (Å²) in [5, 5.41) is 18.2. The Balaban J connectivity index is 2.40. The molecule has 1 rings (SSSR count). The molecule has 2 unspecified atom stereocenters. The summed E-state index contributed by atoms with van der Waals surface area (Å²) in [6, 6.07) is 0.148. The van der Waals surface area contributed by atoms with Crippen molar-refractivity contribution < 1.29 is 19.2 Å². The number of rotatable bonds is 6. The molecule has 0 aromatic heterocycles. The first-order valence-corrected chi connectivity index (χ1v) is 6.57. The third-order valence-electron chi connectivity index (χ3n) is 2.44. The van der Waals surface area contributed by atoms with E-state index in [1.807, 2.05) is 0 Å². The van der Waals surface area contributed by atoms with Crippen molar-refractivity contribution in [2.24, 2.45) is 0 Å². The molecule has 3 N–H and O–H groups in total. The zero-order chi connectivity index (χ0) is 12.0. The molecule has 1 aliphatic rings. The number of ether oxygens (including phenoxy) is 1. The highest BCUT2D eigenvalue weighted by Gasteiger charge is 2.22. The van der Waals surface area contributed by atoms with Crippen LogP contribution in [0.15, 0.2) is 0 Å². The van der Waals surface area contributed by atoms with Crippen LogP contribution in [0.25, 0.3) is 0 Å². The molecule has 0 radical (unpaired) electrons. The van der Waals surface area contributed by atoms with Gasteiger partial charge in [-0.3, -0.25) is 0 Å². The Morgan fingerprint density at radius 2 is 2.19 bits per heavy atom. The van der Waals surface area contributed by atoms with Gasteiger partial charge in [0, 0.05) is 25.8 Å². The number of aliphatic hydroxyl groups excluding tert-OH is 2. The Bertz CT molecular complexity index is 222. The molecule has 0 amide bonds. The summed E-state index contributed by atoms with van der Waals surface area (Å²) in [5.41, 5.74) is 0. The number of hydrogen-bond acceptors (Lipinski definition) is 4. The lowest BCUT2D eigenvalue weighted by atomic mass is 10.1. The highest BCUT2D eigenvalue weighted by molar-refractivity contribution is 7.80. The van der Waals surface area contributed by atoms with Gasteiger partial charge in [-0.05, 0) is 19.8 Å². The molecule has 1 saturated heterocycles. The van der Waals surface area contributed by atoms with E-state index in [2.05, 4.69) is 4.72 Å². The van der Waals surface area contributed by atoms with Crippen LogP contribution in [0.1, 0.15) is 19.8 Å². The summed E-state index contributed by atoms with van der Waals surface area (Å²) in [6.45, 7) is 2.92. The molecular formula is C9H20N2O4S. The van der Waals surface area contributed by atoms with E-state index in [1.165, 1.54) is 11.2 Å². The molecule has 0 aromatic rings. The van der Waals surface area contributed by atoms with Crippen LogP contribution in [0.3, 0.4) is 0 Å². The third-order valence-corrected chi connectivity index (χ3v) is 3.89.